The fourth-order valence-corrected chi connectivity index (χ4v) is 1.56. The summed E-state index contributed by atoms with van der Waals surface area (Å²) in [6, 6.07) is 0.00361. The third kappa shape index (κ3) is 1.83. The Bertz CT molecular complexity index is 227. The Balaban J connectivity index is 2.75. The van der Waals surface area contributed by atoms with Gasteiger partial charge in [-0.25, -0.2) is 0 Å². The molecule has 4 nitrogen and oxygen atoms in total. The van der Waals surface area contributed by atoms with E-state index < -0.39 is 0 Å². The molecule has 0 saturated carbocycles. The first-order valence-electron chi connectivity index (χ1n) is 4.52. The first kappa shape index (κ1) is 10.1. The minimum absolute atomic E-state index is 0.00361. The van der Waals surface area contributed by atoms with Crippen LogP contribution in [0, 0.1) is 0 Å². The summed E-state index contributed by atoms with van der Waals surface area (Å²) < 4.78 is 0. The number of nitrogens with zero attached hydrogens (tertiary/aromatic N) is 2. The predicted octanol–water partition coefficient (Wildman–Crippen LogP) is 0.315. The van der Waals surface area contributed by atoms with Gasteiger partial charge in [-0.3, -0.25) is 9.69 Å². The van der Waals surface area contributed by atoms with Crippen LogP contribution >= 0.6 is 0 Å². The van der Waals surface area contributed by atoms with E-state index in [0.29, 0.717) is 0 Å². The van der Waals surface area contributed by atoms with Crippen molar-refractivity contribution in [2.45, 2.75) is 32.5 Å². The predicted molar refractivity (Wildman–Crippen MR) is 51.5 cm³/mol. The minimum Gasteiger partial charge on any atom is -0.357 e. The van der Waals surface area contributed by atoms with Gasteiger partial charge in [-0.05, 0) is 6.42 Å². The van der Waals surface area contributed by atoms with Gasteiger partial charge in [-0.1, -0.05) is 6.92 Å². The molecule has 1 heterocycles. The van der Waals surface area contributed by atoms with E-state index in [1.54, 1.807) is 18.0 Å². The Morgan fingerprint density at radius 2 is 2.23 bits per heavy atom. The van der Waals surface area contributed by atoms with Gasteiger partial charge in [0.05, 0.1) is 0 Å². The summed E-state index contributed by atoms with van der Waals surface area (Å²) in [5.74, 6) is 0.0366. The maximum absolute atomic E-state index is 11.2. The van der Waals surface area contributed by atoms with Crippen LogP contribution in [0.15, 0.2) is 12.4 Å². The molecule has 0 spiro atoms. The maximum atomic E-state index is 11.2. The largest absolute Gasteiger partial charge is 0.357 e. The van der Waals surface area contributed by atoms with Crippen molar-refractivity contribution in [3.63, 3.8) is 0 Å². The molecule has 0 fully saturated rings. The van der Waals surface area contributed by atoms with Gasteiger partial charge in [0.2, 0.25) is 5.91 Å². The van der Waals surface area contributed by atoms with E-state index in [9.17, 15) is 4.79 Å². The normalized spacial score (nSPS) is 23.8. The van der Waals surface area contributed by atoms with Crippen LogP contribution in [0.25, 0.3) is 0 Å². The van der Waals surface area contributed by atoms with Gasteiger partial charge >= 0.3 is 0 Å². The molecule has 0 aliphatic carbocycles. The molecule has 74 valence electrons. The molecule has 0 bridgehead atoms. The van der Waals surface area contributed by atoms with Gasteiger partial charge in [-0.15, -0.1) is 0 Å². The molecule has 1 aliphatic rings. The number of carbonyl (C=O) groups is 1. The Kier molecular flexibility index (Phi) is 2.93. The van der Waals surface area contributed by atoms with Crippen LogP contribution in [-0.2, 0) is 4.79 Å². The Hall–Kier alpha value is -1.03. The van der Waals surface area contributed by atoms with Crippen molar-refractivity contribution >= 4 is 5.91 Å². The SMILES string of the molecule is CCC(N)C1N(C)C=CN1C(C)=O. The molecule has 0 radical (unpaired) electrons. The lowest BCUT2D eigenvalue weighted by atomic mass is 10.1. The third-order valence-electron chi connectivity index (χ3n) is 2.38. The van der Waals surface area contributed by atoms with Crippen LogP contribution in [-0.4, -0.2) is 35.0 Å². The number of nitrogens with two attached hydrogens (primary N) is 1. The Labute approximate surface area is 79.0 Å². The number of hydrogen-bond donors (Lipinski definition) is 1. The molecule has 1 rings (SSSR count). The highest BCUT2D eigenvalue weighted by atomic mass is 16.2. The van der Waals surface area contributed by atoms with Crippen LogP contribution < -0.4 is 5.73 Å². The molecule has 0 aromatic heterocycles. The summed E-state index contributed by atoms with van der Waals surface area (Å²) in [5, 5.41) is 0. The van der Waals surface area contributed by atoms with Gasteiger partial charge in [0.15, 0.2) is 0 Å². The van der Waals surface area contributed by atoms with E-state index in [-0.39, 0.29) is 18.1 Å². The van der Waals surface area contributed by atoms with Crippen molar-refractivity contribution in [3.8, 4) is 0 Å². The zero-order chi connectivity index (χ0) is 10.0. The summed E-state index contributed by atoms with van der Waals surface area (Å²) in [6.45, 7) is 3.58. The van der Waals surface area contributed by atoms with Crippen LogP contribution in [0.1, 0.15) is 20.3 Å². The van der Waals surface area contributed by atoms with Crippen molar-refractivity contribution in [1.82, 2.24) is 9.80 Å². The molecular formula is C9H17N3O. The summed E-state index contributed by atoms with van der Waals surface area (Å²) >= 11 is 0. The number of likely N-dealkylation sites (N-methyl/N-ethyl adjacent to an activating group) is 1. The number of rotatable bonds is 2. The first-order chi connectivity index (χ1) is 6.07. The fraction of sp³-hybridized carbons (Fsp3) is 0.667. The Morgan fingerprint density at radius 1 is 1.62 bits per heavy atom. The van der Waals surface area contributed by atoms with Gasteiger partial charge in [-0.2, -0.15) is 0 Å². The third-order valence-corrected chi connectivity index (χ3v) is 2.38. The van der Waals surface area contributed by atoms with Gasteiger partial charge in [0.25, 0.3) is 0 Å². The van der Waals surface area contributed by atoms with Crippen LogP contribution in [0.2, 0.25) is 0 Å². The summed E-state index contributed by atoms with van der Waals surface area (Å²) in [5.41, 5.74) is 5.92. The van der Waals surface area contributed by atoms with Crippen LogP contribution in [0.3, 0.4) is 0 Å². The molecule has 0 aromatic carbocycles. The van der Waals surface area contributed by atoms with Gasteiger partial charge in [0.1, 0.15) is 6.17 Å². The molecular weight excluding hydrogens is 166 g/mol. The lowest BCUT2D eigenvalue weighted by molar-refractivity contribution is -0.129. The van der Waals surface area contributed by atoms with Gasteiger partial charge in [0, 0.05) is 32.4 Å². The second-order valence-electron chi connectivity index (χ2n) is 3.38. The number of hydrogen-bond acceptors (Lipinski definition) is 3. The van der Waals surface area contributed by atoms with Crippen LogP contribution in [0.4, 0.5) is 0 Å². The quantitative estimate of drug-likeness (QED) is 0.670. The molecule has 0 aromatic rings. The van der Waals surface area contributed by atoms with Crippen molar-refractivity contribution in [3.05, 3.63) is 12.4 Å². The topological polar surface area (TPSA) is 49.6 Å². The second kappa shape index (κ2) is 3.79. The molecule has 2 unspecified atom stereocenters. The molecule has 2 N–H and O–H groups in total. The average Bonchev–Trinajstić information content (AvgIpc) is 2.46. The number of amides is 1. The molecule has 13 heavy (non-hydrogen) atoms. The van der Waals surface area contributed by atoms with Crippen molar-refractivity contribution in [2.24, 2.45) is 5.73 Å². The average molecular weight is 183 g/mol. The summed E-state index contributed by atoms with van der Waals surface area (Å²) in [4.78, 5) is 14.9. The monoisotopic (exact) mass is 183 g/mol. The molecule has 0 saturated heterocycles. The smallest absolute Gasteiger partial charge is 0.225 e. The zero-order valence-corrected chi connectivity index (χ0v) is 8.40. The summed E-state index contributed by atoms with van der Waals surface area (Å²) in [7, 11) is 1.93. The molecule has 4 heteroatoms. The zero-order valence-electron chi connectivity index (χ0n) is 8.40. The van der Waals surface area contributed by atoms with E-state index in [1.165, 1.54) is 0 Å². The summed E-state index contributed by atoms with van der Waals surface area (Å²) in [6.07, 6.45) is 4.51. The van der Waals surface area contributed by atoms with Crippen LogP contribution in [0.5, 0.6) is 0 Å². The standard InChI is InChI=1S/C9H17N3O/c1-4-8(10)9-11(3)5-6-12(9)7(2)13/h5-6,8-9H,4,10H2,1-3H3. The fourth-order valence-electron chi connectivity index (χ4n) is 1.56. The highest BCUT2D eigenvalue weighted by Crippen LogP contribution is 2.17. The maximum Gasteiger partial charge on any atom is 0.225 e. The van der Waals surface area contributed by atoms with E-state index in [0.717, 1.165) is 6.42 Å². The first-order valence-corrected chi connectivity index (χ1v) is 4.52. The highest BCUT2D eigenvalue weighted by molar-refractivity contribution is 5.75. The number of carbonyl (C=O) groups excluding carboxylic acids is 1. The second-order valence-corrected chi connectivity index (χ2v) is 3.38. The van der Waals surface area contributed by atoms with E-state index in [4.69, 9.17) is 5.73 Å². The van der Waals surface area contributed by atoms with E-state index in [1.807, 2.05) is 25.1 Å². The van der Waals surface area contributed by atoms with Crippen molar-refractivity contribution in [1.29, 1.82) is 0 Å². The highest BCUT2D eigenvalue weighted by Gasteiger charge is 2.30. The minimum atomic E-state index is -0.0116. The molecule has 1 aliphatic heterocycles. The Morgan fingerprint density at radius 3 is 2.69 bits per heavy atom. The van der Waals surface area contributed by atoms with E-state index in [2.05, 4.69) is 0 Å². The van der Waals surface area contributed by atoms with Crippen molar-refractivity contribution < 1.29 is 4.79 Å². The lowest BCUT2D eigenvalue weighted by Gasteiger charge is -2.32. The van der Waals surface area contributed by atoms with Crippen molar-refractivity contribution in [2.75, 3.05) is 7.05 Å². The van der Waals surface area contributed by atoms with Gasteiger partial charge < -0.3 is 10.6 Å². The molecule has 2 atom stereocenters. The molecule has 1 amide bonds. The van der Waals surface area contributed by atoms with E-state index >= 15 is 0 Å². The lowest BCUT2D eigenvalue weighted by Crippen LogP contribution is -2.51.